The molecule has 0 saturated heterocycles. The number of imidazole rings is 1. The van der Waals surface area contributed by atoms with Gasteiger partial charge in [-0.05, 0) is 55.1 Å². The van der Waals surface area contributed by atoms with E-state index in [1.54, 1.807) is 0 Å². The molecule has 0 radical (unpaired) electrons. The fourth-order valence-corrected chi connectivity index (χ4v) is 3.48. The molecule has 1 saturated carbocycles. The van der Waals surface area contributed by atoms with Crippen LogP contribution in [0.5, 0.6) is 0 Å². The van der Waals surface area contributed by atoms with Crippen LogP contribution in [0.2, 0.25) is 5.02 Å². The van der Waals surface area contributed by atoms with Gasteiger partial charge in [0.05, 0.1) is 17.1 Å². The Kier molecular flexibility index (Phi) is 4.50. The fraction of sp³-hybridized carbons (Fsp3) is 0.350. The quantitative estimate of drug-likeness (QED) is 0.702. The van der Waals surface area contributed by atoms with Crippen LogP contribution in [0.4, 0.5) is 0 Å². The van der Waals surface area contributed by atoms with Crippen molar-refractivity contribution in [2.24, 2.45) is 13.0 Å². The first kappa shape index (κ1) is 16.6. The summed E-state index contributed by atoms with van der Waals surface area (Å²) in [5.74, 6) is 1.55. The van der Waals surface area contributed by atoms with Crippen molar-refractivity contribution in [3.05, 3.63) is 64.9 Å². The molecule has 1 aliphatic carbocycles. The normalized spacial score (nSPS) is 16.9. The van der Waals surface area contributed by atoms with Crippen LogP contribution in [0, 0.1) is 5.92 Å². The lowest BCUT2D eigenvalue weighted by Gasteiger charge is -2.24. The number of aliphatic hydroxyl groups is 1. The van der Waals surface area contributed by atoms with Gasteiger partial charge in [0.1, 0.15) is 11.9 Å². The standard InChI is InChI=1S/C20H22ClN3O/c1-24-17-8-3-2-7-16(17)23-20(24)18(22-12-13-9-10-13)19(25)14-5-4-6-15(21)11-14/h2-8,11,13,18-19,22,25H,9-10,12H2,1H3/t18-,19+/m1/s1. The van der Waals surface area contributed by atoms with Crippen molar-refractivity contribution >= 4 is 22.6 Å². The molecule has 2 atom stereocenters. The van der Waals surface area contributed by atoms with Crippen molar-refractivity contribution in [2.75, 3.05) is 6.54 Å². The van der Waals surface area contributed by atoms with Gasteiger partial charge in [0.25, 0.3) is 0 Å². The molecule has 4 rings (SSSR count). The second-order valence-electron chi connectivity index (χ2n) is 6.85. The molecule has 3 aromatic rings. The van der Waals surface area contributed by atoms with Crippen LogP contribution in [0.3, 0.4) is 0 Å². The molecular formula is C20H22ClN3O. The molecule has 5 heteroatoms. The highest BCUT2D eigenvalue weighted by Crippen LogP contribution is 2.33. The zero-order valence-electron chi connectivity index (χ0n) is 14.2. The third kappa shape index (κ3) is 3.43. The lowest BCUT2D eigenvalue weighted by Crippen LogP contribution is -2.31. The number of aliphatic hydroxyl groups excluding tert-OH is 1. The Morgan fingerprint density at radius 3 is 2.76 bits per heavy atom. The minimum atomic E-state index is -0.715. The lowest BCUT2D eigenvalue weighted by molar-refractivity contribution is 0.122. The van der Waals surface area contributed by atoms with Crippen LogP contribution < -0.4 is 5.32 Å². The summed E-state index contributed by atoms with van der Waals surface area (Å²) >= 11 is 6.12. The molecule has 0 amide bonds. The Hall–Kier alpha value is -1.88. The molecule has 130 valence electrons. The molecular weight excluding hydrogens is 334 g/mol. The maximum atomic E-state index is 11.1. The van der Waals surface area contributed by atoms with Crippen molar-refractivity contribution in [1.82, 2.24) is 14.9 Å². The lowest BCUT2D eigenvalue weighted by atomic mass is 10.0. The summed E-state index contributed by atoms with van der Waals surface area (Å²) in [5.41, 5.74) is 2.80. The number of benzene rings is 2. The van der Waals surface area contributed by atoms with Gasteiger partial charge >= 0.3 is 0 Å². The van der Waals surface area contributed by atoms with E-state index in [0.717, 1.165) is 29.0 Å². The highest BCUT2D eigenvalue weighted by molar-refractivity contribution is 6.30. The van der Waals surface area contributed by atoms with Crippen molar-refractivity contribution in [3.8, 4) is 0 Å². The fourth-order valence-electron chi connectivity index (χ4n) is 3.29. The Morgan fingerprint density at radius 2 is 2.04 bits per heavy atom. The van der Waals surface area contributed by atoms with Crippen LogP contribution in [0.1, 0.15) is 36.4 Å². The minimum Gasteiger partial charge on any atom is -0.386 e. The van der Waals surface area contributed by atoms with Gasteiger partial charge in [-0.25, -0.2) is 4.98 Å². The molecule has 1 aliphatic rings. The van der Waals surface area contributed by atoms with Crippen LogP contribution in [0.25, 0.3) is 11.0 Å². The zero-order chi connectivity index (χ0) is 17.4. The molecule has 2 N–H and O–H groups in total. The van der Waals surface area contributed by atoms with Gasteiger partial charge in [-0.3, -0.25) is 0 Å². The molecule has 1 heterocycles. The molecule has 0 spiro atoms. The van der Waals surface area contributed by atoms with Crippen molar-refractivity contribution in [1.29, 1.82) is 0 Å². The number of hydrogen-bond acceptors (Lipinski definition) is 3. The molecule has 1 fully saturated rings. The van der Waals surface area contributed by atoms with E-state index in [-0.39, 0.29) is 6.04 Å². The van der Waals surface area contributed by atoms with Gasteiger partial charge in [-0.15, -0.1) is 0 Å². The summed E-state index contributed by atoms with van der Waals surface area (Å²) in [6.07, 6.45) is 1.80. The summed E-state index contributed by atoms with van der Waals surface area (Å²) in [6, 6.07) is 15.2. The van der Waals surface area contributed by atoms with Gasteiger partial charge in [-0.2, -0.15) is 0 Å². The maximum Gasteiger partial charge on any atom is 0.129 e. The number of fused-ring (bicyclic) bond motifs is 1. The second-order valence-corrected chi connectivity index (χ2v) is 7.28. The van der Waals surface area contributed by atoms with Crippen molar-refractivity contribution < 1.29 is 5.11 Å². The first-order valence-electron chi connectivity index (χ1n) is 8.72. The Labute approximate surface area is 152 Å². The van der Waals surface area contributed by atoms with Gasteiger partial charge in [0.2, 0.25) is 0 Å². The molecule has 0 aliphatic heterocycles. The summed E-state index contributed by atoms with van der Waals surface area (Å²) < 4.78 is 2.06. The first-order chi connectivity index (χ1) is 12.1. The van der Waals surface area contributed by atoms with Crippen LogP contribution in [-0.2, 0) is 7.05 Å². The van der Waals surface area contributed by atoms with E-state index >= 15 is 0 Å². The Balaban J connectivity index is 1.72. The SMILES string of the molecule is Cn1c([C@H](NCC2CC2)[C@@H](O)c2cccc(Cl)c2)nc2ccccc21. The van der Waals surface area contributed by atoms with Gasteiger partial charge in [0.15, 0.2) is 0 Å². The average Bonchev–Trinajstić information content (AvgIpc) is 3.39. The topological polar surface area (TPSA) is 50.1 Å². The van der Waals surface area contributed by atoms with E-state index in [0.29, 0.717) is 10.9 Å². The summed E-state index contributed by atoms with van der Waals surface area (Å²) in [6.45, 7) is 0.894. The molecule has 25 heavy (non-hydrogen) atoms. The highest BCUT2D eigenvalue weighted by Gasteiger charge is 2.30. The number of aryl methyl sites for hydroxylation is 1. The second kappa shape index (κ2) is 6.79. The molecule has 1 aromatic heterocycles. The number of halogens is 1. The summed E-state index contributed by atoms with van der Waals surface area (Å²) in [5, 5.41) is 15.2. The highest BCUT2D eigenvalue weighted by atomic mass is 35.5. The van der Waals surface area contributed by atoms with Gasteiger partial charge in [-0.1, -0.05) is 35.9 Å². The molecule has 4 nitrogen and oxygen atoms in total. The maximum absolute atomic E-state index is 11.1. The largest absolute Gasteiger partial charge is 0.386 e. The van der Waals surface area contributed by atoms with Crippen molar-refractivity contribution in [3.63, 3.8) is 0 Å². The number of hydrogen-bond donors (Lipinski definition) is 2. The third-order valence-corrected chi connectivity index (χ3v) is 5.16. The van der Waals surface area contributed by atoms with Crippen LogP contribution in [0.15, 0.2) is 48.5 Å². The van der Waals surface area contributed by atoms with E-state index in [1.165, 1.54) is 12.8 Å². The van der Waals surface area contributed by atoms with E-state index in [9.17, 15) is 5.11 Å². The smallest absolute Gasteiger partial charge is 0.129 e. The number of nitrogens with zero attached hydrogens (tertiary/aromatic N) is 2. The minimum absolute atomic E-state index is 0.281. The first-order valence-corrected chi connectivity index (χ1v) is 9.09. The Bertz CT molecular complexity index is 888. The van der Waals surface area contributed by atoms with Crippen molar-refractivity contribution in [2.45, 2.75) is 25.0 Å². The number of nitrogens with one attached hydrogen (secondary N) is 1. The van der Waals surface area contributed by atoms with Gasteiger partial charge in [0, 0.05) is 12.1 Å². The summed E-state index contributed by atoms with van der Waals surface area (Å²) in [7, 11) is 2.00. The van der Waals surface area contributed by atoms with E-state index < -0.39 is 6.10 Å². The van der Waals surface area contributed by atoms with Gasteiger partial charge < -0.3 is 15.0 Å². The number of para-hydroxylation sites is 2. The van der Waals surface area contributed by atoms with Crippen LogP contribution in [-0.4, -0.2) is 21.2 Å². The predicted molar refractivity (Wildman–Crippen MR) is 101 cm³/mol. The Morgan fingerprint density at radius 1 is 1.24 bits per heavy atom. The molecule has 0 unspecified atom stereocenters. The summed E-state index contributed by atoms with van der Waals surface area (Å²) in [4.78, 5) is 4.79. The van der Waals surface area contributed by atoms with Crippen LogP contribution >= 0.6 is 11.6 Å². The predicted octanol–water partition coefficient (Wildman–Crippen LogP) is 4.00. The average molecular weight is 356 g/mol. The third-order valence-electron chi connectivity index (χ3n) is 4.93. The molecule has 2 aromatic carbocycles. The van der Waals surface area contributed by atoms with E-state index in [1.807, 2.05) is 49.5 Å². The van der Waals surface area contributed by atoms with E-state index in [4.69, 9.17) is 16.6 Å². The van der Waals surface area contributed by atoms with E-state index in [2.05, 4.69) is 16.0 Å². The molecule has 0 bridgehead atoms. The number of aromatic nitrogens is 2. The zero-order valence-corrected chi connectivity index (χ0v) is 14.9. The number of rotatable bonds is 6. The monoisotopic (exact) mass is 355 g/mol.